The molecule has 0 spiro atoms. The number of ether oxygens (including phenoxy) is 2. The van der Waals surface area contributed by atoms with Crippen LogP contribution in [-0.4, -0.2) is 29.7 Å². The number of carbonyl (C=O) groups excluding carboxylic acids is 2. The smallest absolute Gasteiger partial charge is 0.174 e. The Morgan fingerprint density at radius 1 is 0.900 bits per heavy atom. The van der Waals surface area contributed by atoms with Crippen molar-refractivity contribution in [2.24, 2.45) is 10.8 Å². The van der Waals surface area contributed by atoms with Crippen LogP contribution in [0.1, 0.15) is 84.3 Å². The third-order valence-corrected chi connectivity index (χ3v) is 8.95. The van der Waals surface area contributed by atoms with E-state index in [-0.39, 0.29) is 28.5 Å². The topological polar surface area (TPSA) is 55.8 Å². The molecule has 2 aromatic rings. The normalized spacial score (nSPS) is 20.6. The quantitative estimate of drug-likeness (QED) is 0.296. The van der Waals surface area contributed by atoms with E-state index < -0.39 is 5.92 Å². The molecule has 0 amide bonds. The maximum Gasteiger partial charge on any atom is 0.174 e. The Morgan fingerprint density at radius 3 is 1.95 bits per heavy atom. The van der Waals surface area contributed by atoms with E-state index in [1.165, 1.54) is 0 Å². The third-order valence-electron chi connectivity index (χ3n) is 8.14. The van der Waals surface area contributed by atoms with Crippen LogP contribution in [-0.2, 0) is 16.1 Å². The number of rotatable bonds is 6. The lowest BCUT2D eigenvalue weighted by Crippen LogP contribution is -2.44. The highest BCUT2D eigenvalue weighted by Gasteiger charge is 2.49. The summed E-state index contributed by atoms with van der Waals surface area (Å²) in [5.74, 6) is 1.17. The van der Waals surface area contributed by atoms with E-state index in [2.05, 4.69) is 73.4 Å². The molecule has 40 heavy (non-hydrogen) atoms. The highest BCUT2D eigenvalue weighted by Crippen LogP contribution is 2.55. The Bertz CT molecular complexity index is 1360. The molecule has 1 aliphatic heterocycles. The lowest BCUT2D eigenvalue weighted by Gasteiger charge is -2.49. The number of allylic oxidation sites excluding steroid dienone is 4. The van der Waals surface area contributed by atoms with Crippen molar-refractivity contribution in [3.63, 3.8) is 0 Å². The summed E-state index contributed by atoms with van der Waals surface area (Å²) in [6.07, 6.45) is 2.48. The maximum absolute atomic E-state index is 14.1. The lowest BCUT2D eigenvalue weighted by molar-refractivity contribution is -0.119. The van der Waals surface area contributed by atoms with E-state index in [1.807, 2.05) is 38.1 Å². The van der Waals surface area contributed by atoms with Crippen LogP contribution < -0.4 is 9.47 Å². The second-order valence-electron chi connectivity index (χ2n) is 13.3. The van der Waals surface area contributed by atoms with Gasteiger partial charge < -0.3 is 14.4 Å². The number of Topliss-reactive ketones (excluding diaryl/α,β-unsaturated/α-hetero) is 2. The summed E-state index contributed by atoms with van der Waals surface area (Å²) >= 11 is 2.28. The van der Waals surface area contributed by atoms with Crippen molar-refractivity contribution >= 4 is 34.2 Å². The van der Waals surface area contributed by atoms with E-state index in [0.29, 0.717) is 30.9 Å². The predicted molar refractivity (Wildman–Crippen MR) is 166 cm³/mol. The molecular formula is C34H40INO4. The van der Waals surface area contributed by atoms with Crippen LogP contribution in [0.3, 0.4) is 0 Å². The van der Waals surface area contributed by atoms with Gasteiger partial charge in [-0.15, -0.1) is 0 Å². The van der Waals surface area contributed by atoms with Crippen LogP contribution >= 0.6 is 22.6 Å². The monoisotopic (exact) mass is 653 g/mol. The predicted octanol–water partition coefficient (Wildman–Crippen LogP) is 7.97. The summed E-state index contributed by atoms with van der Waals surface area (Å²) in [4.78, 5) is 30.5. The summed E-state index contributed by atoms with van der Waals surface area (Å²) in [6.45, 7) is 13.3. The van der Waals surface area contributed by atoms with Crippen molar-refractivity contribution in [2.75, 3.05) is 7.11 Å². The second kappa shape index (κ2) is 10.7. The largest absolute Gasteiger partial charge is 0.493 e. The van der Waals surface area contributed by atoms with Gasteiger partial charge in [0.15, 0.2) is 23.1 Å². The fourth-order valence-corrected chi connectivity index (χ4v) is 7.35. The standard InChI is InChI=1S/C34H40INO4/c1-20(2)40-32-23(35)13-22(14-28(32)39-7)29-30-24(15-33(3,4)17-26(30)37)36(19-21-11-9-8-10-12-21)25-16-34(5,6)18-27(38)31(25)29/h8-14,20,29H,15-19H2,1-7H3. The van der Waals surface area contributed by atoms with Gasteiger partial charge in [0.1, 0.15) is 0 Å². The maximum atomic E-state index is 14.1. The van der Waals surface area contributed by atoms with Gasteiger partial charge in [0.25, 0.3) is 0 Å². The second-order valence-corrected chi connectivity index (χ2v) is 14.5. The first-order chi connectivity index (χ1) is 18.8. The number of nitrogens with zero attached hydrogens (tertiary/aromatic N) is 1. The number of halogens is 1. The molecule has 0 saturated carbocycles. The zero-order chi connectivity index (χ0) is 29.0. The van der Waals surface area contributed by atoms with Gasteiger partial charge in [-0.3, -0.25) is 9.59 Å². The van der Waals surface area contributed by atoms with Gasteiger partial charge in [-0.05, 0) is 83.4 Å². The Labute approximate surface area is 252 Å². The first kappa shape index (κ1) is 28.9. The molecule has 0 N–H and O–H groups in total. The van der Waals surface area contributed by atoms with Crippen LogP contribution in [0.15, 0.2) is 65.0 Å². The molecule has 0 radical (unpaired) electrons. The van der Waals surface area contributed by atoms with Crippen molar-refractivity contribution in [3.05, 3.63) is 79.7 Å². The molecule has 6 heteroatoms. The molecule has 0 aromatic heterocycles. The van der Waals surface area contributed by atoms with Crippen molar-refractivity contribution in [3.8, 4) is 11.5 Å². The molecule has 2 aliphatic carbocycles. The van der Waals surface area contributed by atoms with Gasteiger partial charge in [-0.25, -0.2) is 0 Å². The average molecular weight is 654 g/mol. The van der Waals surface area contributed by atoms with Crippen molar-refractivity contribution in [2.45, 2.75) is 85.8 Å². The number of hydrogen-bond donors (Lipinski definition) is 0. The van der Waals surface area contributed by atoms with E-state index in [1.54, 1.807) is 7.11 Å². The summed E-state index contributed by atoms with van der Waals surface area (Å²) in [5, 5.41) is 0. The molecular weight excluding hydrogens is 613 g/mol. The van der Waals surface area contributed by atoms with Crippen molar-refractivity contribution < 1.29 is 19.1 Å². The molecule has 0 saturated heterocycles. The van der Waals surface area contributed by atoms with Crippen LogP contribution in [0.5, 0.6) is 11.5 Å². The van der Waals surface area contributed by atoms with Crippen LogP contribution in [0, 0.1) is 14.4 Å². The zero-order valence-electron chi connectivity index (χ0n) is 24.7. The zero-order valence-corrected chi connectivity index (χ0v) is 26.8. The van der Waals surface area contributed by atoms with Crippen LogP contribution in [0.4, 0.5) is 0 Å². The molecule has 0 atom stereocenters. The highest BCUT2D eigenvalue weighted by molar-refractivity contribution is 14.1. The molecule has 0 bridgehead atoms. The summed E-state index contributed by atoms with van der Waals surface area (Å²) < 4.78 is 12.8. The van der Waals surface area contributed by atoms with Crippen molar-refractivity contribution in [1.29, 1.82) is 0 Å². The molecule has 0 fully saturated rings. The number of methoxy groups -OCH3 is 1. The lowest BCUT2D eigenvalue weighted by atomic mass is 9.63. The molecule has 5 rings (SSSR count). The van der Waals surface area contributed by atoms with E-state index in [4.69, 9.17) is 9.47 Å². The first-order valence-electron chi connectivity index (χ1n) is 14.2. The van der Waals surface area contributed by atoms with Crippen LogP contribution in [0.25, 0.3) is 0 Å². The van der Waals surface area contributed by atoms with Crippen molar-refractivity contribution in [1.82, 2.24) is 4.90 Å². The van der Waals surface area contributed by atoms with Gasteiger partial charge in [0.05, 0.1) is 16.8 Å². The molecule has 1 heterocycles. The van der Waals surface area contributed by atoms with Gasteiger partial charge >= 0.3 is 0 Å². The molecule has 0 unspecified atom stereocenters. The van der Waals surface area contributed by atoms with E-state index >= 15 is 0 Å². The molecule has 3 aliphatic rings. The average Bonchev–Trinajstić information content (AvgIpc) is 2.85. The minimum atomic E-state index is -0.417. The summed E-state index contributed by atoms with van der Waals surface area (Å²) in [7, 11) is 1.64. The molecule has 5 nitrogen and oxygen atoms in total. The Balaban J connectivity index is 1.77. The fraction of sp³-hybridized carbons (Fsp3) is 0.471. The van der Waals surface area contributed by atoms with E-state index in [0.717, 1.165) is 50.1 Å². The molecule has 2 aromatic carbocycles. The summed E-state index contributed by atoms with van der Waals surface area (Å²) in [6, 6.07) is 14.4. The number of benzene rings is 2. The van der Waals surface area contributed by atoms with Gasteiger partial charge in [0.2, 0.25) is 0 Å². The number of ketones is 2. The van der Waals surface area contributed by atoms with E-state index in [9.17, 15) is 9.59 Å². The SMILES string of the molecule is COc1cc(C2C3=C(CC(C)(C)CC3=O)N(Cc3ccccc3)C3=C2C(=O)CC(C)(C)C3)cc(I)c1OC(C)C. The summed E-state index contributed by atoms with van der Waals surface area (Å²) in [5.41, 5.74) is 5.43. The van der Waals surface area contributed by atoms with Crippen LogP contribution in [0.2, 0.25) is 0 Å². The Hall–Kier alpha value is -2.61. The minimum absolute atomic E-state index is 0.0116. The van der Waals surface area contributed by atoms with Gasteiger partial charge in [-0.2, -0.15) is 0 Å². The first-order valence-corrected chi connectivity index (χ1v) is 15.3. The molecule has 212 valence electrons. The minimum Gasteiger partial charge on any atom is -0.493 e. The number of carbonyl (C=O) groups is 2. The third kappa shape index (κ3) is 5.48. The van der Waals surface area contributed by atoms with Gasteiger partial charge in [0, 0.05) is 47.8 Å². The Morgan fingerprint density at radius 2 is 1.45 bits per heavy atom. The fourth-order valence-electron chi connectivity index (χ4n) is 6.59. The highest BCUT2D eigenvalue weighted by atomic mass is 127. The van der Waals surface area contributed by atoms with Gasteiger partial charge in [-0.1, -0.05) is 58.0 Å². The number of hydrogen-bond acceptors (Lipinski definition) is 5. The Kier molecular flexibility index (Phi) is 7.70.